The summed E-state index contributed by atoms with van der Waals surface area (Å²) in [6, 6.07) is 5.24. The molecule has 2 aromatic rings. The molecule has 0 fully saturated rings. The molecule has 0 atom stereocenters. The Morgan fingerprint density at radius 1 is 1.28 bits per heavy atom. The minimum Gasteiger partial charge on any atom is -0.356 e. The smallest absolute Gasteiger partial charge is 0.356 e. The first-order valence-corrected chi connectivity index (χ1v) is 8.66. The molecular formula is C17H21F3N4S. The molecule has 1 aromatic carbocycles. The van der Waals surface area contributed by atoms with Crippen LogP contribution in [-0.4, -0.2) is 36.5 Å². The van der Waals surface area contributed by atoms with Gasteiger partial charge in [0, 0.05) is 26.0 Å². The van der Waals surface area contributed by atoms with Gasteiger partial charge in [0.1, 0.15) is 0 Å². The van der Waals surface area contributed by atoms with E-state index < -0.39 is 11.7 Å². The van der Waals surface area contributed by atoms with Crippen molar-refractivity contribution in [3.05, 3.63) is 51.5 Å². The number of aryl methyl sites for hydroxylation is 1. The predicted octanol–water partition coefficient (Wildman–Crippen LogP) is 3.72. The van der Waals surface area contributed by atoms with Gasteiger partial charge in [-0.2, -0.15) is 13.2 Å². The highest BCUT2D eigenvalue weighted by molar-refractivity contribution is 7.09. The predicted molar refractivity (Wildman–Crippen MR) is 94.8 cm³/mol. The number of thiazole rings is 1. The largest absolute Gasteiger partial charge is 0.416 e. The molecule has 0 aliphatic carbocycles. The van der Waals surface area contributed by atoms with Crippen LogP contribution in [-0.2, 0) is 19.1 Å². The number of aromatic nitrogens is 1. The fourth-order valence-corrected chi connectivity index (χ4v) is 2.97. The second-order valence-corrected chi connectivity index (χ2v) is 6.69. The Morgan fingerprint density at radius 2 is 1.96 bits per heavy atom. The van der Waals surface area contributed by atoms with Crippen molar-refractivity contribution in [1.82, 2.24) is 15.2 Å². The SMILES string of the molecule is CN=C(NCCc1ccc(C(F)(F)F)cc1)N(C)Cc1csc(C)n1. The van der Waals surface area contributed by atoms with Crippen LogP contribution >= 0.6 is 11.3 Å². The van der Waals surface area contributed by atoms with Gasteiger partial charge in [0.05, 0.1) is 22.8 Å². The Kier molecular flexibility index (Phi) is 6.41. The molecule has 0 saturated carbocycles. The van der Waals surface area contributed by atoms with Crippen molar-refractivity contribution in [1.29, 1.82) is 0 Å². The Hall–Kier alpha value is -2.09. The highest BCUT2D eigenvalue weighted by Crippen LogP contribution is 2.29. The molecule has 0 amide bonds. The molecule has 1 aromatic heterocycles. The monoisotopic (exact) mass is 370 g/mol. The van der Waals surface area contributed by atoms with Gasteiger partial charge in [-0.05, 0) is 31.0 Å². The van der Waals surface area contributed by atoms with E-state index >= 15 is 0 Å². The number of guanidine groups is 1. The van der Waals surface area contributed by atoms with E-state index in [1.54, 1.807) is 18.4 Å². The summed E-state index contributed by atoms with van der Waals surface area (Å²) in [7, 11) is 3.62. The van der Waals surface area contributed by atoms with Gasteiger partial charge in [0.2, 0.25) is 0 Å². The number of halogens is 3. The molecule has 4 nitrogen and oxygen atoms in total. The third-order valence-electron chi connectivity index (χ3n) is 3.62. The number of alkyl halides is 3. The molecule has 0 aliphatic heterocycles. The van der Waals surface area contributed by atoms with Crippen molar-refractivity contribution in [3.63, 3.8) is 0 Å². The summed E-state index contributed by atoms with van der Waals surface area (Å²) < 4.78 is 37.7. The summed E-state index contributed by atoms with van der Waals surface area (Å²) in [6.45, 7) is 3.19. The quantitative estimate of drug-likeness (QED) is 0.644. The Bertz CT molecular complexity index is 707. The zero-order chi connectivity index (χ0) is 18.4. The molecule has 0 bridgehead atoms. The van der Waals surface area contributed by atoms with Gasteiger partial charge in [-0.15, -0.1) is 11.3 Å². The lowest BCUT2D eigenvalue weighted by molar-refractivity contribution is -0.137. The minimum absolute atomic E-state index is 0.582. The fourth-order valence-electron chi connectivity index (χ4n) is 2.36. The topological polar surface area (TPSA) is 40.5 Å². The molecule has 0 spiro atoms. The number of benzene rings is 1. The van der Waals surface area contributed by atoms with Gasteiger partial charge in [0.15, 0.2) is 5.96 Å². The Morgan fingerprint density at radius 3 is 2.48 bits per heavy atom. The minimum atomic E-state index is -4.30. The van der Waals surface area contributed by atoms with E-state index in [0.29, 0.717) is 19.5 Å². The van der Waals surface area contributed by atoms with Crippen LogP contribution in [0.1, 0.15) is 21.8 Å². The lowest BCUT2D eigenvalue weighted by Crippen LogP contribution is -2.39. The van der Waals surface area contributed by atoms with Gasteiger partial charge in [-0.3, -0.25) is 4.99 Å². The molecule has 8 heteroatoms. The Balaban J connectivity index is 1.84. The third-order valence-corrected chi connectivity index (χ3v) is 4.44. The first kappa shape index (κ1) is 19.2. The maximum Gasteiger partial charge on any atom is 0.416 e. The molecule has 0 unspecified atom stereocenters. The van der Waals surface area contributed by atoms with Crippen molar-refractivity contribution < 1.29 is 13.2 Å². The molecule has 2 rings (SSSR count). The fraction of sp³-hybridized carbons (Fsp3) is 0.412. The van der Waals surface area contributed by atoms with Gasteiger partial charge in [-0.1, -0.05) is 12.1 Å². The van der Waals surface area contributed by atoms with Crippen molar-refractivity contribution in [2.45, 2.75) is 26.1 Å². The van der Waals surface area contributed by atoms with E-state index in [2.05, 4.69) is 15.3 Å². The maximum absolute atomic E-state index is 12.6. The van der Waals surface area contributed by atoms with Crippen LogP contribution in [0.3, 0.4) is 0 Å². The summed E-state index contributed by atoms with van der Waals surface area (Å²) in [5.41, 5.74) is 1.20. The van der Waals surface area contributed by atoms with Gasteiger partial charge < -0.3 is 10.2 Å². The number of nitrogens with one attached hydrogen (secondary N) is 1. The van der Waals surface area contributed by atoms with Crippen molar-refractivity contribution in [3.8, 4) is 0 Å². The lowest BCUT2D eigenvalue weighted by Gasteiger charge is -2.21. The molecule has 1 N–H and O–H groups in total. The van der Waals surface area contributed by atoms with E-state index in [1.165, 1.54) is 12.1 Å². The molecule has 1 heterocycles. The van der Waals surface area contributed by atoms with E-state index in [1.807, 2.05) is 24.3 Å². The van der Waals surface area contributed by atoms with Crippen LogP contribution in [0.5, 0.6) is 0 Å². The molecule has 0 radical (unpaired) electrons. The number of nitrogens with zero attached hydrogens (tertiary/aromatic N) is 3. The van der Waals surface area contributed by atoms with E-state index in [4.69, 9.17) is 0 Å². The highest BCUT2D eigenvalue weighted by Gasteiger charge is 2.29. The summed E-state index contributed by atoms with van der Waals surface area (Å²) in [6.07, 6.45) is -3.68. The summed E-state index contributed by atoms with van der Waals surface area (Å²) in [4.78, 5) is 10.6. The zero-order valence-electron chi connectivity index (χ0n) is 14.4. The van der Waals surface area contributed by atoms with Crippen LogP contribution in [0.2, 0.25) is 0 Å². The third kappa shape index (κ3) is 5.74. The number of rotatable bonds is 5. The van der Waals surface area contributed by atoms with Crippen molar-refractivity contribution >= 4 is 17.3 Å². The number of hydrogen-bond acceptors (Lipinski definition) is 3. The van der Waals surface area contributed by atoms with E-state index in [0.717, 1.165) is 34.4 Å². The lowest BCUT2D eigenvalue weighted by atomic mass is 10.1. The molecule has 0 saturated heterocycles. The van der Waals surface area contributed by atoms with Crippen LogP contribution in [0.25, 0.3) is 0 Å². The zero-order valence-corrected chi connectivity index (χ0v) is 15.2. The summed E-state index contributed by atoms with van der Waals surface area (Å²) in [5.74, 6) is 0.720. The summed E-state index contributed by atoms with van der Waals surface area (Å²) in [5, 5.41) is 6.26. The molecule has 25 heavy (non-hydrogen) atoms. The van der Waals surface area contributed by atoms with Gasteiger partial charge >= 0.3 is 6.18 Å². The molecular weight excluding hydrogens is 349 g/mol. The first-order chi connectivity index (χ1) is 11.8. The highest BCUT2D eigenvalue weighted by atomic mass is 32.1. The second kappa shape index (κ2) is 8.33. The summed E-state index contributed by atoms with van der Waals surface area (Å²) >= 11 is 1.61. The average molecular weight is 370 g/mol. The van der Waals surface area contributed by atoms with Crippen LogP contribution in [0.4, 0.5) is 13.2 Å². The van der Waals surface area contributed by atoms with E-state index in [9.17, 15) is 13.2 Å². The Labute approximate surface area is 149 Å². The maximum atomic E-state index is 12.6. The average Bonchev–Trinajstić information content (AvgIpc) is 2.96. The first-order valence-electron chi connectivity index (χ1n) is 7.78. The van der Waals surface area contributed by atoms with Crippen LogP contribution < -0.4 is 5.32 Å². The van der Waals surface area contributed by atoms with E-state index in [-0.39, 0.29) is 0 Å². The normalized spacial score (nSPS) is 12.3. The van der Waals surface area contributed by atoms with Gasteiger partial charge in [0.25, 0.3) is 0 Å². The van der Waals surface area contributed by atoms with Crippen molar-refractivity contribution in [2.24, 2.45) is 4.99 Å². The second-order valence-electron chi connectivity index (χ2n) is 5.63. The number of aliphatic imine (C=N–C) groups is 1. The van der Waals surface area contributed by atoms with Crippen LogP contribution in [0, 0.1) is 6.92 Å². The number of hydrogen-bond donors (Lipinski definition) is 1. The molecule has 0 aliphatic rings. The van der Waals surface area contributed by atoms with Crippen LogP contribution in [0.15, 0.2) is 34.6 Å². The van der Waals surface area contributed by atoms with Gasteiger partial charge in [-0.25, -0.2) is 4.98 Å². The standard InChI is InChI=1S/C17H21F3N4S/c1-12-23-15(11-25-12)10-24(3)16(21-2)22-9-8-13-4-6-14(7-5-13)17(18,19)20/h4-7,11H,8-10H2,1-3H3,(H,21,22). The molecule has 136 valence electrons. The van der Waals surface area contributed by atoms with Crippen molar-refractivity contribution in [2.75, 3.05) is 20.6 Å².